The molecule has 2 amide bonds. The fourth-order valence-corrected chi connectivity index (χ4v) is 2.87. The number of anilines is 2. The molecule has 0 aliphatic rings. The van der Waals surface area contributed by atoms with E-state index in [2.05, 4.69) is 20.6 Å². The van der Waals surface area contributed by atoms with Crippen molar-refractivity contribution in [3.63, 3.8) is 0 Å². The molecule has 0 radical (unpaired) electrons. The minimum absolute atomic E-state index is 0.0299. The molecule has 2 aromatic rings. The van der Waals surface area contributed by atoms with Gasteiger partial charge in [0, 0.05) is 37.8 Å². The van der Waals surface area contributed by atoms with Crippen LogP contribution in [0.5, 0.6) is 0 Å². The lowest BCUT2D eigenvalue weighted by Gasteiger charge is -2.23. The van der Waals surface area contributed by atoms with Crippen LogP contribution >= 0.6 is 0 Å². The van der Waals surface area contributed by atoms with Crippen LogP contribution in [0.3, 0.4) is 0 Å². The number of aromatic nitrogens is 2. The van der Waals surface area contributed by atoms with E-state index >= 15 is 0 Å². The fourth-order valence-electron chi connectivity index (χ4n) is 2.87. The van der Waals surface area contributed by atoms with Crippen molar-refractivity contribution in [2.24, 2.45) is 0 Å². The van der Waals surface area contributed by atoms with Crippen LogP contribution < -0.4 is 20.4 Å². The van der Waals surface area contributed by atoms with E-state index in [1.807, 2.05) is 27.7 Å². The molecule has 0 aliphatic heterocycles. The molecule has 2 N–H and O–H groups in total. The zero-order chi connectivity index (χ0) is 23.1. The molecular formula is C22H31FN6O2. The van der Waals surface area contributed by atoms with Gasteiger partial charge in [-0.3, -0.25) is 9.59 Å². The molecule has 0 fully saturated rings. The molecule has 0 bridgehead atoms. The van der Waals surface area contributed by atoms with Crippen molar-refractivity contribution >= 4 is 23.5 Å². The Labute approximate surface area is 182 Å². The standard InChI is InChI=1S/C22H31FN6O2/c1-14(2)24-20(30)12-28(5)18-11-19(29(6)13-21(31)25-15(3)4)27-22(26-18)16-7-9-17(23)10-8-16/h7-11,14-15H,12-13H2,1-6H3,(H,24,30)(H,25,31). The molecule has 0 unspecified atom stereocenters. The Morgan fingerprint density at radius 3 is 1.68 bits per heavy atom. The van der Waals surface area contributed by atoms with Gasteiger partial charge in [-0.1, -0.05) is 0 Å². The highest BCUT2D eigenvalue weighted by molar-refractivity contribution is 5.82. The first-order chi connectivity index (χ1) is 14.5. The number of benzene rings is 1. The lowest BCUT2D eigenvalue weighted by atomic mass is 10.2. The maximum atomic E-state index is 13.4. The number of hydrogen-bond acceptors (Lipinski definition) is 6. The first kappa shape index (κ1) is 24.0. The van der Waals surface area contributed by atoms with Crippen molar-refractivity contribution in [3.8, 4) is 11.4 Å². The number of nitrogens with one attached hydrogen (secondary N) is 2. The molecule has 0 saturated heterocycles. The lowest BCUT2D eigenvalue weighted by Crippen LogP contribution is -2.39. The van der Waals surface area contributed by atoms with E-state index in [9.17, 15) is 14.0 Å². The maximum absolute atomic E-state index is 13.4. The van der Waals surface area contributed by atoms with E-state index in [0.717, 1.165) is 0 Å². The Morgan fingerprint density at radius 2 is 1.29 bits per heavy atom. The molecule has 1 aromatic carbocycles. The molecule has 0 atom stereocenters. The number of likely N-dealkylation sites (N-methyl/N-ethyl adjacent to an activating group) is 2. The summed E-state index contributed by atoms with van der Waals surface area (Å²) in [4.78, 5) is 36.9. The van der Waals surface area contributed by atoms with Gasteiger partial charge in [0.2, 0.25) is 11.8 Å². The largest absolute Gasteiger partial charge is 0.352 e. The van der Waals surface area contributed by atoms with Crippen molar-refractivity contribution < 1.29 is 14.0 Å². The third-order valence-electron chi connectivity index (χ3n) is 4.24. The third kappa shape index (κ3) is 7.51. The molecule has 0 spiro atoms. The number of rotatable bonds is 9. The Kier molecular flexibility index (Phi) is 8.30. The predicted molar refractivity (Wildman–Crippen MR) is 121 cm³/mol. The van der Waals surface area contributed by atoms with Crippen LogP contribution in [0.1, 0.15) is 27.7 Å². The molecule has 2 rings (SSSR count). The van der Waals surface area contributed by atoms with Gasteiger partial charge in [0.15, 0.2) is 5.82 Å². The Bertz CT molecular complexity index is 853. The first-order valence-electron chi connectivity index (χ1n) is 10.2. The SMILES string of the molecule is CC(C)NC(=O)CN(C)c1cc(N(C)CC(=O)NC(C)C)nc(-c2ccc(F)cc2)n1. The van der Waals surface area contributed by atoms with Gasteiger partial charge in [0.05, 0.1) is 13.1 Å². The predicted octanol–water partition coefficient (Wildman–Crippen LogP) is 2.20. The minimum atomic E-state index is -0.356. The van der Waals surface area contributed by atoms with Crippen molar-refractivity contribution in [1.82, 2.24) is 20.6 Å². The second-order valence-corrected chi connectivity index (χ2v) is 8.07. The summed E-state index contributed by atoms with van der Waals surface area (Å²) in [7, 11) is 3.51. The normalized spacial score (nSPS) is 10.9. The van der Waals surface area contributed by atoms with Crippen molar-refractivity contribution in [3.05, 3.63) is 36.1 Å². The summed E-state index contributed by atoms with van der Waals surface area (Å²) in [6, 6.07) is 7.64. The maximum Gasteiger partial charge on any atom is 0.239 e. The zero-order valence-electron chi connectivity index (χ0n) is 18.9. The van der Waals surface area contributed by atoms with Gasteiger partial charge in [0.1, 0.15) is 17.5 Å². The van der Waals surface area contributed by atoms with Crippen LogP contribution in [0.25, 0.3) is 11.4 Å². The second kappa shape index (κ2) is 10.7. The number of carbonyl (C=O) groups is 2. The summed E-state index contributed by atoms with van der Waals surface area (Å²) in [5.74, 6) is 0.778. The van der Waals surface area contributed by atoms with E-state index < -0.39 is 0 Å². The van der Waals surface area contributed by atoms with E-state index in [4.69, 9.17) is 0 Å². The molecule has 9 heteroatoms. The van der Waals surface area contributed by atoms with Crippen LogP contribution in [-0.2, 0) is 9.59 Å². The molecule has 8 nitrogen and oxygen atoms in total. The summed E-state index contributed by atoms with van der Waals surface area (Å²) in [5, 5.41) is 5.70. The van der Waals surface area contributed by atoms with Crippen molar-refractivity contribution in [2.75, 3.05) is 37.0 Å². The van der Waals surface area contributed by atoms with Crippen LogP contribution in [0, 0.1) is 5.82 Å². The monoisotopic (exact) mass is 430 g/mol. The van der Waals surface area contributed by atoms with Gasteiger partial charge in [-0.2, -0.15) is 0 Å². The highest BCUT2D eigenvalue weighted by Crippen LogP contribution is 2.24. The van der Waals surface area contributed by atoms with Crippen LogP contribution in [0.4, 0.5) is 16.0 Å². The Hall–Kier alpha value is -3.23. The summed E-state index contributed by atoms with van der Waals surface area (Å²) in [6.45, 7) is 7.79. The summed E-state index contributed by atoms with van der Waals surface area (Å²) in [6.07, 6.45) is 0. The topological polar surface area (TPSA) is 90.5 Å². The highest BCUT2D eigenvalue weighted by Gasteiger charge is 2.17. The molecule has 31 heavy (non-hydrogen) atoms. The molecule has 168 valence electrons. The number of hydrogen-bond donors (Lipinski definition) is 2. The number of amides is 2. The Balaban J connectivity index is 2.36. The average molecular weight is 431 g/mol. The quantitative estimate of drug-likeness (QED) is 0.634. The molecule has 0 aliphatic carbocycles. The fraction of sp³-hybridized carbons (Fsp3) is 0.455. The minimum Gasteiger partial charge on any atom is -0.352 e. The van der Waals surface area contributed by atoms with Gasteiger partial charge in [-0.25, -0.2) is 14.4 Å². The summed E-state index contributed by atoms with van der Waals surface area (Å²) >= 11 is 0. The second-order valence-electron chi connectivity index (χ2n) is 8.07. The van der Waals surface area contributed by atoms with Crippen LogP contribution in [-0.4, -0.2) is 61.1 Å². The van der Waals surface area contributed by atoms with Gasteiger partial charge >= 0.3 is 0 Å². The van der Waals surface area contributed by atoms with E-state index in [1.165, 1.54) is 12.1 Å². The zero-order valence-corrected chi connectivity index (χ0v) is 18.9. The van der Waals surface area contributed by atoms with E-state index in [-0.39, 0.29) is 42.8 Å². The van der Waals surface area contributed by atoms with Gasteiger partial charge in [-0.05, 0) is 52.0 Å². The smallest absolute Gasteiger partial charge is 0.239 e. The van der Waals surface area contributed by atoms with E-state index in [1.54, 1.807) is 42.1 Å². The molecule has 1 heterocycles. The summed E-state index contributed by atoms with van der Waals surface area (Å²) < 4.78 is 13.4. The molecular weight excluding hydrogens is 399 g/mol. The van der Waals surface area contributed by atoms with Gasteiger partial charge < -0.3 is 20.4 Å². The third-order valence-corrected chi connectivity index (χ3v) is 4.24. The van der Waals surface area contributed by atoms with E-state index in [0.29, 0.717) is 23.0 Å². The Morgan fingerprint density at radius 1 is 0.871 bits per heavy atom. The lowest BCUT2D eigenvalue weighted by molar-refractivity contribution is -0.121. The number of carbonyl (C=O) groups excluding carboxylic acids is 2. The van der Waals surface area contributed by atoms with Crippen molar-refractivity contribution in [1.29, 1.82) is 0 Å². The average Bonchev–Trinajstić information content (AvgIpc) is 2.66. The van der Waals surface area contributed by atoms with Crippen LogP contribution in [0.15, 0.2) is 30.3 Å². The first-order valence-corrected chi connectivity index (χ1v) is 10.2. The summed E-state index contributed by atoms with van der Waals surface area (Å²) in [5.41, 5.74) is 0.629. The molecule has 0 saturated carbocycles. The molecule has 1 aromatic heterocycles. The number of halogens is 1. The van der Waals surface area contributed by atoms with Crippen LogP contribution in [0.2, 0.25) is 0 Å². The highest BCUT2D eigenvalue weighted by atomic mass is 19.1. The van der Waals surface area contributed by atoms with Gasteiger partial charge in [-0.15, -0.1) is 0 Å². The number of nitrogens with zero attached hydrogens (tertiary/aromatic N) is 4. The van der Waals surface area contributed by atoms with Gasteiger partial charge in [0.25, 0.3) is 0 Å². The van der Waals surface area contributed by atoms with Crippen molar-refractivity contribution in [2.45, 2.75) is 39.8 Å².